The lowest BCUT2D eigenvalue weighted by atomic mass is 10.1. The molecule has 2 rings (SSSR count). The van der Waals surface area contributed by atoms with Gasteiger partial charge in [-0.15, -0.1) is 0 Å². The number of nitrogens with one attached hydrogen (secondary N) is 1. The minimum absolute atomic E-state index is 0.0358. The molecule has 0 saturated carbocycles. The third kappa shape index (κ3) is 6.61. The summed E-state index contributed by atoms with van der Waals surface area (Å²) in [6, 6.07) is 9.58. The molecule has 0 saturated heterocycles. The van der Waals surface area contributed by atoms with Gasteiger partial charge in [-0.2, -0.15) is 0 Å². The van der Waals surface area contributed by atoms with Crippen LogP contribution < -0.4 is 5.32 Å². The predicted octanol–water partition coefficient (Wildman–Crippen LogP) is 4.96. The van der Waals surface area contributed by atoms with Crippen molar-refractivity contribution < 1.29 is 9.59 Å². The molecule has 1 N–H and O–H groups in total. The normalized spacial score (nSPS) is 12.0. The summed E-state index contributed by atoms with van der Waals surface area (Å²) in [6.45, 7) is 13.5. The van der Waals surface area contributed by atoms with Crippen molar-refractivity contribution >= 4 is 17.6 Å². The number of anilines is 1. The first-order valence-corrected chi connectivity index (χ1v) is 11.2. The second kappa shape index (κ2) is 11.0. The molecule has 1 aromatic heterocycles. The van der Waals surface area contributed by atoms with Crippen LogP contribution in [0, 0.1) is 19.8 Å². The van der Waals surface area contributed by atoms with E-state index < -0.39 is 0 Å². The molecule has 1 heterocycles. The van der Waals surface area contributed by atoms with Gasteiger partial charge in [0.1, 0.15) is 6.54 Å². The number of hydrogen-bond donors (Lipinski definition) is 1. The van der Waals surface area contributed by atoms with Gasteiger partial charge in [-0.1, -0.05) is 32.9 Å². The zero-order valence-electron chi connectivity index (χ0n) is 20.1. The Kier molecular flexibility index (Phi) is 8.72. The molecule has 0 unspecified atom stereocenters. The summed E-state index contributed by atoms with van der Waals surface area (Å²) >= 11 is 0. The van der Waals surface area contributed by atoms with Gasteiger partial charge in [0.2, 0.25) is 5.91 Å². The fourth-order valence-corrected chi connectivity index (χ4v) is 3.52. The maximum absolute atomic E-state index is 13.3. The third-order valence-corrected chi connectivity index (χ3v) is 5.88. The lowest BCUT2D eigenvalue weighted by molar-refractivity contribution is -0.133. The molecule has 1 aromatic carbocycles. The Morgan fingerprint density at radius 1 is 1.10 bits per heavy atom. The van der Waals surface area contributed by atoms with Crippen LogP contribution >= 0.6 is 0 Å². The topological polar surface area (TPSA) is 57.6 Å². The van der Waals surface area contributed by atoms with Crippen LogP contribution in [0.5, 0.6) is 0 Å². The molecule has 31 heavy (non-hydrogen) atoms. The van der Waals surface area contributed by atoms with Crippen LogP contribution in [0.3, 0.4) is 0 Å². The Hall–Kier alpha value is -2.76. The molecule has 1 atom stereocenters. The van der Waals surface area contributed by atoms with Crippen LogP contribution in [0.2, 0.25) is 0 Å². The first-order chi connectivity index (χ1) is 14.6. The van der Waals surface area contributed by atoms with E-state index in [2.05, 4.69) is 19.2 Å². The number of hydrogen-bond acceptors (Lipinski definition) is 2. The number of rotatable bonds is 9. The second-order valence-electron chi connectivity index (χ2n) is 8.84. The molecule has 6 heteroatoms. The molecular weight excluding hydrogens is 388 g/mol. The van der Waals surface area contributed by atoms with Crippen molar-refractivity contribution in [2.24, 2.45) is 13.0 Å². The van der Waals surface area contributed by atoms with Crippen molar-refractivity contribution in [2.45, 2.75) is 60.5 Å². The van der Waals surface area contributed by atoms with Crippen molar-refractivity contribution in [1.82, 2.24) is 14.4 Å². The molecule has 0 aliphatic rings. The summed E-state index contributed by atoms with van der Waals surface area (Å²) in [5, 5.41) is 3.02. The van der Waals surface area contributed by atoms with E-state index in [0.29, 0.717) is 19.0 Å². The summed E-state index contributed by atoms with van der Waals surface area (Å²) in [7, 11) is 1.98. The maximum Gasteiger partial charge on any atom is 0.322 e. The molecule has 0 aliphatic carbocycles. The van der Waals surface area contributed by atoms with E-state index in [1.165, 1.54) is 0 Å². The van der Waals surface area contributed by atoms with Gasteiger partial charge >= 0.3 is 6.03 Å². The Morgan fingerprint density at radius 2 is 1.81 bits per heavy atom. The zero-order valence-corrected chi connectivity index (χ0v) is 20.1. The second-order valence-corrected chi connectivity index (χ2v) is 8.84. The number of carbonyl (C=O) groups is 2. The van der Waals surface area contributed by atoms with E-state index >= 15 is 0 Å². The van der Waals surface area contributed by atoms with Crippen molar-refractivity contribution in [3.05, 3.63) is 53.3 Å². The van der Waals surface area contributed by atoms with Crippen LogP contribution in [-0.2, 0) is 18.4 Å². The van der Waals surface area contributed by atoms with Crippen molar-refractivity contribution in [3.8, 4) is 0 Å². The highest BCUT2D eigenvalue weighted by molar-refractivity contribution is 5.93. The minimum atomic E-state index is -0.236. The molecular formula is C25H38N4O2. The Bertz CT molecular complexity index is 887. The summed E-state index contributed by atoms with van der Waals surface area (Å²) in [5.41, 5.74) is 4.02. The number of amides is 3. The van der Waals surface area contributed by atoms with E-state index in [1.54, 1.807) is 4.90 Å². The largest absolute Gasteiger partial charge is 0.353 e. The molecule has 0 aliphatic heterocycles. The van der Waals surface area contributed by atoms with E-state index in [0.717, 1.165) is 28.9 Å². The standard InChI is InChI=1S/C25H38N4O2/c1-8-20(5)29(25(31)26-23-13-9-11-19(4)21(23)6)17-24(30)28(15-18(2)3)16-22-12-10-14-27(22)7/h9-14,18,20H,8,15-17H2,1-7H3,(H,26,31)/t20-/m0/s1. The van der Waals surface area contributed by atoms with Crippen LogP contribution in [0.25, 0.3) is 0 Å². The van der Waals surface area contributed by atoms with Gasteiger partial charge in [0.05, 0.1) is 6.54 Å². The van der Waals surface area contributed by atoms with Gasteiger partial charge in [0.15, 0.2) is 0 Å². The van der Waals surface area contributed by atoms with Crippen molar-refractivity contribution in [3.63, 3.8) is 0 Å². The number of urea groups is 1. The number of aromatic nitrogens is 1. The van der Waals surface area contributed by atoms with Crippen molar-refractivity contribution in [2.75, 3.05) is 18.4 Å². The molecule has 2 aromatic rings. The molecule has 6 nitrogen and oxygen atoms in total. The van der Waals surface area contributed by atoms with Crippen LogP contribution in [0.1, 0.15) is 50.9 Å². The first-order valence-electron chi connectivity index (χ1n) is 11.2. The smallest absolute Gasteiger partial charge is 0.322 e. The Balaban J connectivity index is 2.20. The average molecular weight is 427 g/mol. The number of nitrogens with zero attached hydrogens (tertiary/aromatic N) is 3. The Morgan fingerprint density at radius 3 is 2.39 bits per heavy atom. The van der Waals surface area contributed by atoms with Gasteiger partial charge in [-0.25, -0.2) is 4.79 Å². The van der Waals surface area contributed by atoms with Gasteiger partial charge in [-0.05, 0) is 62.4 Å². The fourth-order valence-electron chi connectivity index (χ4n) is 3.52. The average Bonchev–Trinajstić information content (AvgIpc) is 3.12. The van der Waals surface area contributed by atoms with E-state index in [4.69, 9.17) is 0 Å². The molecule has 170 valence electrons. The number of carbonyl (C=O) groups excluding carboxylic acids is 2. The number of aryl methyl sites for hydroxylation is 2. The van der Waals surface area contributed by atoms with Crippen LogP contribution in [0.15, 0.2) is 36.5 Å². The van der Waals surface area contributed by atoms with Crippen molar-refractivity contribution in [1.29, 1.82) is 0 Å². The summed E-state index contributed by atoms with van der Waals surface area (Å²) in [4.78, 5) is 30.0. The SMILES string of the molecule is CC[C@H](C)N(CC(=O)N(Cc1cccn1C)CC(C)C)C(=O)Nc1cccc(C)c1C. The van der Waals surface area contributed by atoms with Gasteiger partial charge < -0.3 is 19.7 Å². The zero-order chi connectivity index (χ0) is 23.1. The summed E-state index contributed by atoms with van der Waals surface area (Å²) in [6.07, 6.45) is 2.76. The minimum Gasteiger partial charge on any atom is -0.353 e. The molecule has 0 radical (unpaired) electrons. The van der Waals surface area contributed by atoms with Gasteiger partial charge in [0.25, 0.3) is 0 Å². The highest BCUT2D eigenvalue weighted by Gasteiger charge is 2.26. The quantitative estimate of drug-likeness (QED) is 0.616. The van der Waals surface area contributed by atoms with E-state index in [-0.39, 0.29) is 24.5 Å². The maximum atomic E-state index is 13.3. The lowest BCUT2D eigenvalue weighted by Gasteiger charge is -2.32. The monoisotopic (exact) mass is 426 g/mol. The molecule has 0 spiro atoms. The van der Waals surface area contributed by atoms with Gasteiger partial charge in [0, 0.05) is 37.2 Å². The summed E-state index contributed by atoms with van der Waals surface area (Å²) in [5.74, 6) is 0.302. The first kappa shape index (κ1) is 24.5. The van der Waals surface area contributed by atoms with Crippen LogP contribution in [-0.4, -0.2) is 45.4 Å². The predicted molar refractivity (Wildman–Crippen MR) is 127 cm³/mol. The van der Waals surface area contributed by atoms with Crippen LogP contribution in [0.4, 0.5) is 10.5 Å². The molecule has 0 bridgehead atoms. The highest BCUT2D eigenvalue weighted by Crippen LogP contribution is 2.19. The Labute approximate surface area is 187 Å². The van der Waals surface area contributed by atoms with Gasteiger partial charge in [-0.3, -0.25) is 4.79 Å². The lowest BCUT2D eigenvalue weighted by Crippen LogP contribution is -2.48. The fraction of sp³-hybridized carbons (Fsp3) is 0.520. The highest BCUT2D eigenvalue weighted by atomic mass is 16.2. The molecule has 3 amide bonds. The third-order valence-electron chi connectivity index (χ3n) is 5.88. The number of benzene rings is 1. The van der Waals surface area contributed by atoms with E-state index in [1.807, 2.05) is 80.7 Å². The summed E-state index contributed by atoms with van der Waals surface area (Å²) < 4.78 is 2.03. The molecule has 0 fully saturated rings. The van der Waals surface area contributed by atoms with E-state index in [9.17, 15) is 9.59 Å².